The number of hydrogen-bond acceptors (Lipinski definition) is 8. The van der Waals surface area contributed by atoms with E-state index in [9.17, 15) is 19.2 Å². The van der Waals surface area contributed by atoms with E-state index < -0.39 is 36.6 Å². The molecule has 5 N–H and O–H groups in total. The van der Waals surface area contributed by atoms with Crippen molar-refractivity contribution in [1.29, 1.82) is 0 Å². The number of urea groups is 2. The number of amides is 5. The van der Waals surface area contributed by atoms with Gasteiger partial charge in [0.1, 0.15) is 24.7 Å². The monoisotopic (exact) mass is 534 g/mol. The Balaban J connectivity index is 1.28. The molecule has 3 aromatic rings. The molecule has 0 fully saturated rings. The van der Waals surface area contributed by atoms with Crippen LogP contribution in [0.25, 0.3) is 0 Å². The molecule has 4 rings (SSSR count). The molecular formula is C27H26N4O8. The molecule has 0 aliphatic carbocycles. The van der Waals surface area contributed by atoms with Gasteiger partial charge in [0, 0.05) is 11.8 Å². The molecule has 39 heavy (non-hydrogen) atoms. The van der Waals surface area contributed by atoms with Gasteiger partial charge in [0.2, 0.25) is 0 Å². The number of nitrogens with two attached hydrogens (primary N) is 1. The van der Waals surface area contributed by atoms with Crippen LogP contribution in [0.3, 0.4) is 0 Å². The number of primary amides is 1. The lowest BCUT2D eigenvalue weighted by molar-refractivity contribution is -0.148. The summed E-state index contributed by atoms with van der Waals surface area (Å²) in [6.07, 6.45) is -0.325. The molecule has 0 saturated heterocycles. The maximum absolute atomic E-state index is 12.5. The molecule has 5 amide bonds. The summed E-state index contributed by atoms with van der Waals surface area (Å²) in [7, 11) is 0. The molecule has 0 aromatic heterocycles. The van der Waals surface area contributed by atoms with Gasteiger partial charge in [-0.05, 0) is 42.0 Å². The van der Waals surface area contributed by atoms with Crippen LogP contribution in [0.4, 0.5) is 15.3 Å². The highest BCUT2D eigenvalue weighted by Gasteiger charge is 2.21. The van der Waals surface area contributed by atoms with Crippen LogP contribution in [0, 0.1) is 0 Å². The normalized spacial score (nSPS) is 12.4. The molecule has 0 saturated carbocycles. The molecule has 12 nitrogen and oxygen atoms in total. The summed E-state index contributed by atoms with van der Waals surface area (Å²) in [5.74, 6) is 0.455. The van der Waals surface area contributed by atoms with E-state index in [4.69, 9.17) is 24.7 Å². The zero-order chi connectivity index (χ0) is 27.6. The van der Waals surface area contributed by atoms with Crippen molar-refractivity contribution in [3.63, 3.8) is 0 Å². The van der Waals surface area contributed by atoms with Crippen molar-refractivity contribution in [2.24, 2.45) is 5.73 Å². The first-order valence-corrected chi connectivity index (χ1v) is 11.9. The Bertz CT molecular complexity index is 1350. The SMILES string of the molecule is NC(=O)NC(CC(=O)OCC(=O)NC(=O)Nc1ccc2c(c1)OCCO2)c1cccc(Oc2ccccc2)c1. The lowest BCUT2D eigenvalue weighted by Gasteiger charge is -2.19. The molecule has 0 bridgehead atoms. The maximum Gasteiger partial charge on any atom is 0.325 e. The van der Waals surface area contributed by atoms with Gasteiger partial charge in [0.05, 0.1) is 12.5 Å². The molecule has 0 spiro atoms. The van der Waals surface area contributed by atoms with Gasteiger partial charge in [0.15, 0.2) is 18.1 Å². The van der Waals surface area contributed by atoms with Crippen LogP contribution in [-0.2, 0) is 14.3 Å². The maximum atomic E-state index is 12.5. The topological polar surface area (TPSA) is 167 Å². The smallest absolute Gasteiger partial charge is 0.325 e. The third kappa shape index (κ3) is 8.12. The number of imide groups is 1. The fourth-order valence-corrected chi connectivity index (χ4v) is 3.66. The lowest BCUT2D eigenvalue weighted by Crippen LogP contribution is -2.38. The highest BCUT2D eigenvalue weighted by atomic mass is 16.6. The molecule has 1 aliphatic heterocycles. The number of anilines is 1. The van der Waals surface area contributed by atoms with Crippen molar-refractivity contribution < 1.29 is 38.1 Å². The molecule has 0 radical (unpaired) electrons. The highest BCUT2D eigenvalue weighted by Crippen LogP contribution is 2.32. The second kappa shape index (κ2) is 12.8. The van der Waals surface area contributed by atoms with Crippen LogP contribution in [-0.4, -0.2) is 43.8 Å². The molecule has 1 unspecified atom stereocenters. The minimum absolute atomic E-state index is 0.325. The summed E-state index contributed by atoms with van der Waals surface area (Å²) in [5.41, 5.74) is 6.19. The zero-order valence-corrected chi connectivity index (χ0v) is 20.7. The largest absolute Gasteiger partial charge is 0.486 e. The number of carbonyl (C=O) groups is 4. The van der Waals surface area contributed by atoms with Gasteiger partial charge in [-0.25, -0.2) is 9.59 Å². The number of esters is 1. The Kier molecular flexibility index (Phi) is 8.80. The Morgan fingerprint density at radius 2 is 1.62 bits per heavy atom. The van der Waals surface area contributed by atoms with Gasteiger partial charge in [-0.2, -0.15) is 0 Å². The van der Waals surface area contributed by atoms with E-state index in [1.54, 1.807) is 54.6 Å². The first kappa shape index (κ1) is 26.8. The summed E-state index contributed by atoms with van der Waals surface area (Å²) in [4.78, 5) is 48.3. The van der Waals surface area contributed by atoms with Gasteiger partial charge in [-0.1, -0.05) is 30.3 Å². The summed E-state index contributed by atoms with van der Waals surface area (Å²) >= 11 is 0. The predicted octanol–water partition coefficient (Wildman–Crippen LogP) is 3.24. The first-order chi connectivity index (χ1) is 18.9. The van der Waals surface area contributed by atoms with E-state index >= 15 is 0 Å². The molecular weight excluding hydrogens is 508 g/mol. The highest BCUT2D eigenvalue weighted by molar-refractivity contribution is 6.02. The van der Waals surface area contributed by atoms with Crippen molar-refractivity contribution in [2.45, 2.75) is 12.5 Å². The zero-order valence-electron chi connectivity index (χ0n) is 20.7. The molecule has 1 heterocycles. The second-order valence-corrected chi connectivity index (χ2v) is 8.27. The fourth-order valence-electron chi connectivity index (χ4n) is 3.66. The van der Waals surface area contributed by atoms with Gasteiger partial charge in [-0.3, -0.25) is 14.9 Å². The van der Waals surface area contributed by atoms with Crippen LogP contribution >= 0.6 is 0 Å². The van der Waals surface area contributed by atoms with Gasteiger partial charge < -0.3 is 35.3 Å². The van der Waals surface area contributed by atoms with Crippen LogP contribution in [0.5, 0.6) is 23.0 Å². The first-order valence-electron chi connectivity index (χ1n) is 11.9. The van der Waals surface area contributed by atoms with E-state index in [0.717, 1.165) is 0 Å². The minimum atomic E-state index is -0.851. The average Bonchev–Trinajstić information content (AvgIpc) is 2.92. The Hall–Kier alpha value is -5.26. The summed E-state index contributed by atoms with van der Waals surface area (Å²) < 4.78 is 21.7. The summed E-state index contributed by atoms with van der Waals surface area (Å²) in [6.45, 7) is 0.102. The van der Waals surface area contributed by atoms with Gasteiger partial charge in [0.25, 0.3) is 5.91 Å². The Morgan fingerprint density at radius 1 is 0.872 bits per heavy atom. The number of hydrogen-bond donors (Lipinski definition) is 4. The van der Waals surface area contributed by atoms with Gasteiger partial charge >= 0.3 is 18.0 Å². The van der Waals surface area contributed by atoms with E-state index in [1.807, 2.05) is 18.2 Å². The number of nitrogens with one attached hydrogen (secondary N) is 3. The molecule has 12 heteroatoms. The van der Waals surface area contributed by atoms with E-state index in [1.165, 1.54) is 0 Å². The number of benzene rings is 3. The van der Waals surface area contributed by atoms with Crippen molar-refractivity contribution in [3.05, 3.63) is 78.4 Å². The average molecular weight is 535 g/mol. The van der Waals surface area contributed by atoms with E-state index in [2.05, 4.69) is 16.0 Å². The number of carbonyl (C=O) groups excluding carboxylic acids is 4. The van der Waals surface area contributed by atoms with Gasteiger partial charge in [-0.15, -0.1) is 0 Å². The number of rotatable bonds is 9. The molecule has 3 aromatic carbocycles. The van der Waals surface area contributed by atoms with Crippen LogP contribution in [0.1, 0.15) is 18.0 Å². The van der Waals surface area contributed by atoms with Crippen molar-refractivity contribution in [2.75, 3.05) is 25.1 Å². The van der Waals surface area contributed by atoms with Crippen LogP contribution < -0.4 is 35.9 Å². The van der Waals surface area contributed by atoms with Crippen molar-refractivity contribution in [3.8, 4) is 23.0 Å². The molecule has 1 aliphatic rings. The summed E-state index contributed by atoms with van der Waals surface area (Å²) in [6, 6.07) is 18.1. The number of fused-ring (bicyclic) bond motifs is 1. The molecule has 202 valence electrons. The Morgan fingerprint density at radius 3 is 2.38 bits per heavy atom. The Labute approximate surface area is 223 Å². The van der Waals surface area contributed by atoms with Crippen molar-refractivity contribution >= 4 is 29.6 Å². The third-order valence-electron chi connectivity index (χ3n) is 5.34. The molecule has 1 atom stereocenters. The third-order valence-corrected chi connectivity index (χ3v) is 5.34. The lowest BCUT2D eigenvalue weighted by atomic mass is 10.0. The van der Waals surface area contributed by atoms with Crippen molar-refractivity contribution in [1.82, 2.24) is 10.6 Å². The predicted molar refractivity (Wildman–Crippen MR) is 139 cm³/mol. The van der Waals surface area contributed by atoms with E-state index in [-0.39, 0.29) is 6.42 Å². The van der Waals surface area contributed by atoms with E-state index in [0.29, 0.717) is 47.5 Å². The minimum Gasteiger partial charge on any atom is -0.486 e. The quantitative estimate of drug-likeness (QED) is 0.304. The second-order valence-electron chi connectivity index (χ2n) is 8.27. The van der Waals surface area contributed by atoms with Crippen LogP contribution in [0.15, 0.2) is 72.8 Å². The number of ether oxygens (including phenoxy) is 4. The van der Waals surface area contributed by atoms with Crippen LogP contribution in [0.2, 0.25) is 0 Å². The summed E-state index contributed by atoms with van der Waals surface area (Å²) in [5, 5.41) is 7.04. The standard InChI is InChI=1S/C27H26N4O8/c28-26(34)30-21(17-5-4-8-20(13-17)39-19-6-2-1-3-7-19)15-25(33)38-16-24(32)31-27(35)29-18-9-10-22-23(14-18)37-12-11-36-22/h1-10,13-14,21H,11-12,15-16H2,(H3,28,30,34)(H2,29,31,32,35). The number of para-hydroxylation sites is 1. The fraction of sp³-hybridized carbons (Fsp3) is 0.185.